The second kappa shape index (κ2) is 10.1. The molecule has 0 aromatic heterocycles. The summed E-state index contributed by atoms with van der Waals surface area (Å²) in [6, 6.07) is 17.0. The van der Waals surface area contributed by atoms with Crippen molar-refractivity contribution in [2.24, 2.45) is 0 Å². The number of nitrogens with one attached hydrogen (secondary N) is 3. The fraction of sp³-hybridized carbons (Fsp3) is 0.435. The van der Waals surface area contributed by atoms with Crippen molar-refractivity contribution in [2.75, 3.05) is 51.6 Å². The van der Waals surface area contributed by atoms with Crippen molar-refractivity contribution in [1.29, 1.82) is 0 Å². The molecule has 0 bridgehead atoms. The first-order valence-corrected chi connectivity index (χ1v) is 11.6. The van der Waals surface area contributed by atoms with Gasteiger partial charge >= 0.3 is 0 Å². The Bertz CT molecular complexity index is 807. The molecule has 1 saturated heterocycles. The lowest BCUT2D eigenvalue weighted by molar-refractivity contribution is -1.02. The number of hydrogen-bond acceptors (Lipinski definition) is 3. The first kappa shape index (κ1) is 20.3. The highest BCUT2D eigenvalue weighted by Gasteiger charge is 2.25. The fourth-order valence-electron chi connectivity index (χ4n) is 4.11. The van der Waals surface area contributed by atoms with Crippen molar-refractivity contribution in [2.45, 2.75) is 17.9 Å². The average Bonchev–Trinajstić information content (AvgIpc) is 3.21. The summed E-state index contributed by atoms with van der Waals surface area (Å²) in [6.45, 7) is 7.60. The molecule has 4 rings (SSSR count). The molecule has 2 aromatic rings. The Balaban J connectivity index is 1.12. The van der Waals surface area contributed by atoms with E-state index in [-0.39, 0.29) is 5.91 Å². The molecule has 5 nitrogen and oxygen atoms in total. The molecular weight excluding hydrogens is 382 g/mol. The lowest BCUT2D eigenvalue weighted by atomic mass is 10.1. The minimum atomic E-state index is 0.177. The van der Waals surface area contributed by atoms with Crippen LogP contribution in [0.5, 0.6) is 5.75 Å². The molecule has 0 atom stereocenters. The maximum Gasteiger partial charge on any atom is 0.275 e. The van der Waals surface area contributed by atoms with Crippen LogP contribution < -0.4 is 19.9 Å². The molecule has 2 heterocycles. The van der Waals surface area contributed by atoms with Crippen LogP contribution in [-0.2, 0) is 17.8 Å². The highest BCUT2D eigenvalue weighted by atomic mass is 32.2. The van der Waals surface area contributed by atoms with Crippen LogP contribution in [-0.4, -0.2) is 57.5 Å². The fourth-order valence-corrected chi connectivity index (χ4v) is 4.90. The number of rotatable bonds is 8. The van der Waals surface area contributed by atoms with Gasteiger partial charge in [-0.05, 0) is 35.9 Å². The van der Waals surface area contributed by atoms with Gasteiger partial charge in [0.1, 0.15) is 38.5 Å². The van der Waals surface area contributed by atoms with Gasteiger partial charge in [0.15, 0.2) is 6.54 Å². The van der Waals surface area contributed by atoms with E-state index in [1.54, 1.807) is 16.7 Å². The molecule has 0 aliphatic carbocycles. The summed E-state index contributed by atoms with van der Waals surface area (Å²) in [5.41, 5.74) is 2.76. The summed E-state index contributed by atoms with van der Waals surface area (Å²) in [5, 5.41) is 3.08. The molecule has 1 fully saturated rings. The highest BCUT2D eigenvalue weighted by molar-refractivity contribution is 7.99. The molecule has 0 saturated carbocycles. The third-order valence-electron chi connectivity index (χ3n) is 5.72. The van der Waals surface area contributed by atoms with Crippen LogP contribution in [0.3, 0.4) is 0 Å². The molecule has 154 valence electrons. The van der Waals surface area contributed by atoms with Gasteiger partial charge in [-0.25, -0.2) is 0 Å². The van der Waals surface area contributed by atoms with E-state index in [1.807, 2.05) is 18.2 Å². The van der Waals surface area contributed by atoms with Crippen molar-refractivity contribution in [3.63, 3.8) is 0 Å². The second-order valence-electron chi connectivity index (χ2n) is 7.91. The van der Waals surface area contributed by atoms with Crippen molar-refractivity contribution in [1.82, 2.24) is 5.32 Å². The predicted octanol–water partition coefficient (Wildman–Crippen LogP) is -0.187. The molecule has 0 radical (unpaired) electrons. The van der Waals surface area contributed by atoms with E-state index in [0.29, 0.717) is 6.54 Å². The Morgan fingerprint density at radius 3 is 2.66 bits per heavy atom. The van der Waals surface area contributed by atoms with Gasteiger partial charge in [0.2, 0.25) is 0 Å². The van der Waals surface area contributed by atoms with Crippen LogP contribution in [0.2, 0.25) is 0 Å². The zero-order valence-corrected chi connectivity index (χ0v) is 17.7. The van der Waals surface area contributed by atoms with E-state index in [0.717, 1.165) is 63.8 Å². The number of amides is 1. The van der Waals surface area contributed by atoms with E-state index >= 15 is 0 Å². The Hall–Kier alpha value is -2.02. The first-order chi connectivity index (χ1) is 14.3. The van der Waals surface area contributed by atoms with E-state index in [4.69, 9.17) is 4.74 Å². The highest BCUT2D eigenvalue weighted by Crippen LogP contribution is 2.25. The SMILES string of the molecule is O=C(C[NH+]1CC[NH+](Cc2ccc3c(c2)CCO3)CC1)NCCSc1ccccc1. The Kier molecular flexibility index (Phi) is 7.09. The topological polar surface area (TPSA) is 47.2 Å². The zero-order valence-electron chi connectivity index (χ0n) is 16.9. The smallest absolute Gasteiger partial charge is 0.275 e. The number of fused-ring (bicyclic) bond motifs is 1. The lowest BCUT2D eigenvalue weighted by Crippen LogP contribution is -3.28. The predicted molar refractivity (Wildman–Crippen MR) is 116 cm³/mol. The van der Waals surface area contributed by atoms with Crippen molar-refractivity contribution in [3.05, 3.63) is 59.7 Å². The molecule has 2 aliphatic rings. The number of benzene rings is 2. The maximum atomic E-state index is 12.2. The normalized spacial score (nSPS) is 20.7. The van der Waals surface area contributed by atoms with E-state index in [9.17, 15) is 4.79 Å². The minimum absolute atomic E-state index is 0.177. The second-order valence-corrected chi connectivity index (χ2v) is 9.07. The summed E-state index contributed by atoms with van der Waals surface area (Å²) >= 11 is 1.78. The molecule has 0 spiro atoms. The Morgan fingerprint density at radius 1 is 1.03 bits per heavy atom. The quantitative estimate of drug-likeness (QED) is 0.416. The van der Waals surface area contributed by atoms with Crippen molar-refractivity contribution in [3.8, 4) is 5.75 Å². The van der Waals surface area contributed by atoms with Crippen molar-refractivity contribution < 1.29 is 19.3 Å². The van der Waals surface area contributed by atoms with Gasteiger partial charge in [0, 0.05) is 29.2 Å². The number of quaternary nitrogens is 2. The molecule has 2 aliphatic heterocycles. The van der Waals surface area contributed by atoms with Crippen LogP contribution in [0, 0.1) is 0 Å². The van der Waals surface area contributed by atoms with Gasteiger partial charge in [0.05, 0.1) is 6.61 Å². The Labute approximate surface area is 177 Å². The van der Waals surface area contributed by atoms with Gasteiger partial charge < -0.3 is 19.9 Å². The van der Waals surface area contributed by atoms with Crippen LogP contribution in [0.1, 0.15) is 11.1 Å². The van der Waals surface area contributed by atoms with Gasteiger partial charge in [0.25, 0.3) is 5.91 Å². The summed E-state index contributed by atoms with van der Waals surface area (Å²) < 4.78 is 5.60. The number of thioether (sulfide) groups is 1. The first-order valence-electron chi connectivity index (χ1n) is 10.6. The largest absolute Gasteiger partial charge is 0.493 e. The Morgan fingerprint density at radius 2 is 1.83 bits per heavy atom. The molecule has 3 N–H and O–H groups in total. The number of hydrogen-bond donors (Lipinski definition) is 3. The summed E-state index contributed by atoms with van der Waals surface area (Å²) in [6.07, 6.45) is 1.04. The number of carbonyl (C=O) groups excluding carboxylic acids is 1. The summed E-state index contributed by atoms with van der Waals surface area (Å²) in [7, 11) is 0. The third kappa shape index (κ3) is 5.98. The zero-order chi connectivity index (χ0) is 19.9. The molecule has 2 aromatic carbocycles. The standard InChI is InChI=1S/C23H29N3O2S/c27-23(24-9-15-29-21-4-2-1-3-5-21)18-26-12-10-25(11-13-26)17-19-6-7-22-20(16-19)8-14-28-22/h1-7,16H,8-15,17-18H2,(H,24,27)/p+2. The van der Waals surface area contributed by atoms with E-state index < -0.39 is 0 Å². The van der Waals surface area contributed by atoms with Gasteiger partial charge in [-0.1, -0.05) is 18.2 Å². The third-order valence-corrected chi connectivity index (χ3v) is 6.73. The van der Waals surface area contributed by atoms with Crippen LogP contribution in [0.4, 0.5) is 0 Å². The van der Waals surface area contributed by atoms with E-state index in [2.05, 4.69) is 35.6 Å². The van der Waals surface area contributed by atoms with Crippen LogP contribution >= 0.6 is 11.8 Å². The molecule has 6 heteroatoms. The van der Waals surface area contributed by atoms with E-state index in [1.165, 1.54) is 20.9 Å². The average molecular weight is 414 g/mol. The molecule has 1 amide bonds. The van der Waals surface area contributed by atoms with Crippen LogP contribution in [0.25, 0.3) is 0 Å². The molecule has 29 heavy (non-hydrogen) atoms. The maximum absolute atomic E-state index is 12.2. The monoisotopic (exact) mass is 413 g/mol. The van der Waals surface area contributed by atoms with Gasteiger partial charge in [-0.15, -0.1) is 11.8 Å². The van der Waals surface area contributed by atoms with Gasteiger partial charge in [-0.2, -0.15) is 0 Å². The molecular formula is C23H31N3O2S+2. The van der Waals surface area contributed by atoms with Crippen LogP contribution in [0.15, 0.2) is 53.4 Å². The number of piperazine rings is 1. The molecule has 0 unspecified atom stereocenters. The number of ether oxygens (including phenoxy) is 1. The van der Waals surface area contributed by atoms with Crippen molar-refractivity contribution >= 4 is 17.7 Å². The minimum Gasteiger partial charge on any atom is -0.493 e. The lowest BCUT2D eigenvalue weighted by Gasteiger charge is -2.29. The van der Waals surface area contributed by atoms with Gasteiger partial charge in [-0.3, -0.25) is 4.79 Å². The summed E-state index contributed by atoms with van der Waals surface area (Å²) in [5.74, 6) is 2.15. The number of carbonyl (C=O) groups is 1. The summed E-state index contributed by atoms with van der Waals surface area (Å²) in [4.78, 5) is 16.5.